The van der Waals surface area contributed by atoms with Crippen molar-refractivity contribution in [3.63, 3.8) is 0 Å². The van der Waals surface area contributed by atoms with Gasteiger partial charge < -0.3 is 9.50 Å². The summed E-state index contributed by atoms with van der Waals surface area (Å²) in [6, 6.07) is 15.6. The summed E-state index contributed by atoms with van der Waals surface area (Å²) >= 11 is 0. The predicted octanol–water partition coefficient (Wildman–Crippen LogP) is 2.95. The van der Waals surface area contributed by atoms with Gasteiger partial charge in [-0.3, -0.25) is 4.79 Å². The summed E-state index contributed by atoms with van der Waals surface area (Å²) in [7, 11) is -3.57. The normalized spacial score (nSPS) is 14.0. The number of rotatable bonds is 7. The Hall–Kier alpha value is -2.18. The van der Waals surface area contributed by atoms with Crippen LogP contribution in [0.15, 0.2) is 54.6 Å². The van der Waals surface area contributed by atoms with Gasteiger partial charge in [0.2, 0.25) is 0 Å². The van der Waals surface area contributed by atoms with E-state index in [-0.39, 0.29) is 23.6 Å². The van der Waals surface area contributed by atoms with Gasteiger partial charge in [-0.25, -0.2) is 0 Å². The van der Waals surface area contributed by atoms with Crippen LogP contribution in [0.3, 0.4) is 0 Å². The Balaban J connectivity index is 2.02. The van der Waals surface area contributed by atoms with E-state index in [1.807, 2.05) is 44.2 Å². The Morgan fingerprint density at radius 2 is 1.58 bits per heavy atom. The number of carbonyl (C=O) groups excluding carboxylic acids is 1. The van der Waals surface area contributed by atoms with Crippen molar-refractivity contribution in [3.05, 3.63) is 65.7 Å². The van der Waals surface area contributed by atoms with E-state index < -0.39 is 10.1 Å². The second-order valence-electron chi connectivity index (χ2n) is 5.70. The maximum absolute atomic E-state index is 12.5. The minimum Gasteiger partial charge on any atom is -0.383 e. The van der Waals surface area contributed by atoms with Crippen LogP contribution in [0.1, 0.15) is 35.8 Å². The standard InChI is InChI=1S/C18H21NO4S/c1-13(15-7-5-4-6-8-15)19-14(2)18(20)16-9-11-17(12-10-16)23-24(3,21)22/h4-14,19H,1-3H3/t13-,14-/m0/s1. The van der Waals surface area contributed by atoms with E-state index in [4.69, 9.17) is 4.18 Å². The number of nitrogens with one attached hydrogen (secondary N) is 1. The first-order chi connectivity index (χ1) is 11.3. The van der Waals surface area contributed by atoms with Crippen LogP contribution >= 0.6 is 0 Å². The van der Waals surface area contributed by atoms with Crippen LogP contribution in [0.5, 0.6) is 5.75 Å². The molecule has 2 atom stereocenters. The molecule has 2 rings (SSSR count). The van der Waals surface area contributed by atoms with Gasteiger partial charge in [-0.15, -0.1) is 0 Å². The van der Waals surface area contributed by atoms with E-state index in [2.05, 4.69) is 5.32 Å². The highest BCUT2D eigenvalue weighted by molar-refractivity contribution is 7.86. The highest BCUT2D eigenvalue weighted by Gasteiger charge is 2.18. The molecule has 24 heavy (non-hydrogen) atoms. The summed E-state index contributed by atoms with van der Waals surface area (Å²) in [4.78, 5) is 12.5. The van der Waals surface area contributed by atoms with Gasteiger partial charge in [-0.2, -0.15) is 8.42 Å². The molecule has 0 aromatic heterocycles. The lowest BCUT2D eigenvalue weighted by atomic mass is 10.0. The van der Waals surface area contributed by atoms with Crippen LogP contribution < -0.4 is 9.50 Å². The average molecular weight is 347 g/mol. The third-order valence-corrected chi connectivity index (χ3v) is 4.07. The molecule has 2 aromatic carbocycles. The molecule has 128 valence electrons. The quantitative estimate of drug-likeness (QED) is 0.616. The van der Waals surface area contributed by atoms with Gasteiger partial charge in [-0.05, 0) is 43.7 Å². The lowest BCUT2D eigenvalue weighted by molar-refractivity contribution is 0.0945. The van der Waals surface area contributed by atoms with Crippen molar-refractivity contribution in [3.8, 4) is 5.75 Å². The number of hydrogen-bond acceptors (Lipinski definition) is 5. The fourth-order valence-corrected chi connectivity index (χ4v) is 2.85. The van der Waals surface area contributed by atoms with E-state index >= 15 is 0 Å². The van der Waals surface area contributed by atoms with E-state index in [0.29, 0.717) is 5.56 Å². The monoisotopic (exact) mass is 347 g/mol. The Morgan fingerprint density at radius 3 is 2.12 bits per heavy atom. The number of Topliss-reactive ketones (excluding diaryl/α,β-unsaturated/α-hetero) is 1. The molecule has 6 heteroatoms. The first-order valence-corrected chi connectivity index (χ1v) is 9.42. The van der Waals surface area contributed by atoms with E-state index in [1.165, 1.54) is 12.1 Å². The highest BCUT2D eigenvalue weighted by atomic mass is 32.2. The number of ketones is 1. The molecule has 0 bridgehead atoms. The summed E-state index contributed by atoms with van der Waals surface area (Å²) in [5.41, 5.74) is 1.60. The molecule has 0 fully saturated rings. The lowest BCUT2D eigenvalue weighted by Gasteiger charge is -2.19. The zero-order valence-electron chi connectivity index (χ0n) is 13.9. The fraction of sp³-hybridized carbons (Fsp3) is 0.278. The molecule has 0 saturated carbocycles. The summed E-state index contributed by atoms with van der Waals surface area (Å²) in [6.45, 7) is 3.81. The van der Waals surface area contributed by atoms with Gasteiger partial charge in [0.15, 0.2) is 5.78 Å². The third-order valence-electron chi connectivity index (χ3n) is 3.58. The molecular weight excluding hydrogens is 326 g/mol. The van der Waals surface area contributed by atoms with Crippen LogP contribution in [0.25, 0.3) is 0 Å². The van der Waals surface area contributed by atoms with Gasteiger partial charge in [0.05, 0.1) is 12.3 Å². The van der Waals surface area contributed by atoms with Crippen molar-refractivity contribution in [1.82, 2.24) is 5.32 Å². The molecule has 0 radical (unpaired) electrons. The molecule has 5 nitrogen and oxygen atoms in total. The van der Waals surface area contributed by atoms with Crippen molar-refractivity contribution >= 4 is 15.9 Å². The Kier molecular flexibility index (Phi) is 5.75. The highest BCUT2D eigenvalue weighted by Crippen LogP contribution is 2.17. The van der Waals surface area contributed by atoms with Crippen LogP contribution in [-0.4, -0.2) is 26.5 Å². The van der Waals surface area contributed by atoms with Gasteiger partial charge in [0.1, 0.15) is 5.75 Å². The van der Waals surface area contributed by atoms with Crippen LogP contribution in [-0.2, 0) is 10.1 Å². The fourth-order valence-electron chi connectivity index (χ4n) is 2.39. The molecule has 0 heterocycles. The van der Waals surface area contributed by atoms with Crippen molar-refractivity contribution < 1.29 is 17.4 Å². The molecule has 0 amide bonds. The molecule has 0 unspecified atom stereocenters. The number of hydrogen-bond donors (Lipinski definition) is 1. The molecule has 0 spiro atoms. The van der Waals surface area contributed by atoms with Gasteiger partial charge in [-0.1, -0.05) is 30.3 Å². The van der Waals surface area contributed by atoms with Crippen LogP contribution in [0, 0.1) is 0 Å². The lowest BCUT2D eigenvalue weighted by Crippen LogP contribution is -2.35. The maximum Gasteiger partial charge on any atom is 0.306 e. The minimum atomic E-state index is -3.57. The first kappa shape index (κ1) is 18.2. The first-order valence-electron chi connectivity index (χ1n) is 7.61. The summed E-state index contributed by atoms with van der Waals surface area (Å²) in [5, 5.41) is 3.27. The molecule has 0 aliphatic carbocycles. The van der Waals surface area contributed by atoms with Gasteiger partial charge in [0.25, 0.3) is 0 Å². The Bertz CT molecular complexity index is 786. The summed E-state index contributed by atoms with van der Waals surface area (Å²) in [5.74, 6) is 0.121. The van der Waals surface area contributed by atoms with Crippen molar-refractivity contribution in [2.45, 2.75) is 25.9 Å². The minimum absolute atomic E-state index is 0.0398. The summed E-state index contributed by atoms with van der Waals surface area (Å²) < 4.78 is 26.9. The largest absolute Gasteiger partial charge is 0.383 e. The maximum atomic E-state index is 12.5. The smallest absolute Gasteiger partial charge is 0.306 e. The zero-order valence-corrected chi connectivity index (χ0v) is 14.7. The molecule has 2 aromatic rings. The van der Waals surface area contributed by atoms with Crippen LogP contribution in [0.4, 0.5) is 0 Å². The van der Waals surface area contributed by atoms with E-state index in [1.54, 1.807) is 12.1 Å². The topological polar surface area (TPSA) is 72.5 Å². The number of carbonyl (C=O) groups is 1. The third kappa shape index (κ3) is 5.18. The summed E-state index contributed by atoms with van der Waals surface area (Å²) in [6.07, 6.45) is 0.975. The van der Waals surface area contributed by atoms with Crippen molar-refractivity contribution in [2.75, 3.05) is 6.26 Å². The van der Waals surface area contributed by atoms with E-state index in [9.17, 15) is 13.2 Å². The van der Waals surface area contributed by atoms with Crippen LogP contribution in [0.2, 0.25) is 0 Å². The predicted molar refractivity (Wildman–Crippen MR) is 93.7 cm³/mol. The number of benzene rings is 2. The van der Waals surface area contributed by atoms with Gasteiger partial charge >= 0.3 is 10.1 Å². The second-order valence-corrected chi connectivity index (χ2v) is 7.27. The van der Waals surface area contributed by atoms with E-state index in [0.717, 1.165) is 11.8 Å². The molecule has 0 aliphatic rings. The molecule has 0 saturated heterocycles. The van der Waals surface area contributed by atoms with Gasteiger partial charge in [0, 0.05) is 11.6 Å². The molecule has 1 N–H and O–H groups in total. The van der Waals surface area contributed by atoms with Crippen molar-refractivity contribution in [2.24, 2.45) is 0 Å². The molecular formula is C18H21NO4S. The second kappa shape index (κ2) is 7.59. The average Bonchev–Trinajstić information content (AvgIpc) is 2.54. The zero-order chi connectivity index (χ0) is 17.7. The Morgan fingerprint density at radius 1 is 1.00 bits per heavy atom. The Labute approximate surface area is 142 Å². The SMILES string of the molecule is C[C@H](N[C@@H](C)c1ccccc1)C(=O)c1ccc(OS(C)(=O)=O)cc1. The van der Waals surface area contributed by atoms with Crippen molar-refractivity contribution in [1.29, 1.82) is 0 Å². The molecule has 0 aliphatic heterocycles.